The van der Waals surface area contributed by atoms with Crippen LogP contribution in [0.2, 0.25) is 10.0 Å². The molecule has 4 rings (SSSR count). The Kier molecular flexibility index (Phi) is 5.37. The Morgan fingerprint density at radius 2 is 2.04 bits per heavy atom. The Labute approximate surface area is 169 Å². The first-order chi connectivity index (χ1) is 13.1. The molecule has 1 aliphatic carbocycles. The smallest absolute Gasteiger partial charge is 0.244 e. The standard InChI is InChI=1S/C21H21Cl2N3O/c22-19-5-4-15(10-20(19)23)26-12-17-16(18(17)13-26)7-9-25-21(27)6-3-14-2-1-8-24-11-14/h1-6,8,10-11,16-18H,7,9,12-13H2,(H,25,27)/b6-3+. The maximum atomic E-state index is 11.9. The minimum absolute atomic E-state index is 0.0536. The maximum absolute atomic E-state index is 11.9. The van der Waals surface area contributed by atoms with E-state index in [4.69, 9.17) is 23.2 Å². The number of piperidine rings is 1. The van der Waals surface area contributed by atoms with Gasteiger partial charge in [0.25, 0.3) is 0 Å². The number of carbonyl (C=O) groups is 1. The number of halogens is 2. The van der Waals surface area contributed by atoms with Crippen LogP contribution in [0.1, 0.15) is 12.0 Å². The molecular weight excluding hydrogens is 381 g/mol. The molecule has 1 N–H and O–H groups in total. The number of rotatable bonds is 6. The van der Waals surface area contributed by atoms with Crippen LogP contribution in [0, 0.1) is 17.8 Å². The Balaban J connectivity index is 1.19. The summed E-state index contributed by atoms with van der Waals surface area (Å²) in [7, 11) is 0. The first kappa shape index (κ1) is 18.3. The Bertz CT molecular complexity index is 844. The molecule has 0 bridgehead atoms. The molecule has 1 aromatic heterocycles. The number of carbonyl (C=O) groups excluding carboxylic acids is 1. The molecule has 2 aromatic rings. The number of hydrogen-bond acceptors (Lipinski definition) is 3. The monoisotopic (exact) mass is 401 g/mol. The molecule has 0 spiro atoms. The van der Waals surface area contributed by atoms with E-state index >= 15 is 0 Å². The summed E-state index contributed by atoms with van der Waals surface area (Å²) in [6.45, 7) is 2.84. The van der Waals surface area contributed by atoms with Gasteiger partial charge >= 0.3 is 0 Å². The number of pyridine rings is 1. The van der Waals surface area contributed by atoms with Gasteiger partial charge in [0.15, 0.2) is 0 Å². The number of amides is 1. The van der Waals surface area contributed by atoms with Gasteiger partial charge in [-0.2, -0.15) is 0 Å². The average molecular weight is 402 g/mol. The van der Waals surface area contributed by atoms with Gasteiger partial charge in [0.05, 0.1) is 10.0 Å². The third-order valence-corrected chi connectivity index (χ3v) is 6.27. The second kappa shape index (κ2) is 7.91. The number of nitrogens with zero attached hydrogens (tertiary/aromatic N) is 2. The predicted octanol–water partition coefficient (Wildman–Crippen LogP) is 4.29. The van der Waals surface area contributed by atoms with Crippen molar-refractivity contribution >= 4 is 40.9 Å². The Hall–Kier alpha value is -2.04. The van der Waals surface area contributed by atoms with Gasteiger partial charge in [-0.1, -0.05) is 29.3 Å². The minimum atomic E-state index is -0.0536. The average Bonchev–Trinajstić information content (AvgIpc) is 3.12. The van der Waals surface area contributed by atoms with E-state index in [9.17, 15) is 4.79 Å². The summed E-state index contributed by atoms with van der Waals surface area (Å²) < 4.78 is 0. The second-order valence-corrected chi connectivity index (χ2v) is 8.01. The van der Waals surface area contributed by atoms with Gasteiger partial charge in [-0.25, -0.2) is 0 Å². The highest BCUT2D eigenvalue weighted by Gasteiger charge is 2.54. The molecule has 1 saturated heterocycles. The molecule has 2 unspecified atom stereocenters. The normalized spacial score (nSPS) is 23.5. The van der Waals surface area contributed by atoms with Crippen LogP contribution in [0.25, 0.3) is 6.08 Å². The third kappa shape index (κ3) is 4.28. The van der Waals surface area contributed by atoms with Crippen LogP contribution in [0.5, 0.6) is 0 Å². The second-order valence-electron chi connectivity index (χ2n) is 7.19. The van der Waals surface area contributed by atoms with Crippen LogP contribution < -0.4 is 10.2 Å². The number of fused-ring (bicyclic) bond motifs is 1. The molecule has 0 radical (unpaired) electrons. The summed E-state index contributed by atoms with van der Waals surface area (Å²) in [5.41, 5.74) is 2.07. The summed E-state index contributed by atoms with van der Waals surface area (Å²) in [5.74, 6) is 2.11. The van der Waals surface area contributed by atoms with Gasteiger partial charge in [0, 0.05) is 43.8 Å². The first-order valence-electron chi connectivity index (χ1n) is 9.18. The fraction of sp³-hybridized carbons (Fsp3) is 0.333. The molecule has 2 heterocycles. The van der Waals surface area contributed by atoms with Crippen LogP contribution in [0.15, 0.2) is 48.8 Å². The largest absolute Gasteiger partial charge is 0.371 e. The van der Waals surface area contributed by atoms with E-state index < -0.39 is 0 Å². The van der Waals surface area contributed by atoms with Crippen molar-refractivity contribution in [2.24, 2.45) is 17.8 Å². The van der Waals surface area contributed by atoms with Crippen molar-refractivity contribution in [1.82, 2.24) is 10.3 Å². The van der Waals surface area contributed by atoms with E-state index in [1.54, 1.807) is 24.5 Å². The molecular formula is C21H21Cl2N3O. The highest BCUT2D eigenvalue weighted by Crippen LogP contribution is 2.54. The van der Waals surface area contributed by atoms with E-state index in [-0.39, 0.29) is 5.91 Å². The molecule has 1 amide bonds. The van der Waals surface area contributed by atoms with Crippen LogP contribution in [0.4, 0.5) is 5.69 Å². The zero-order valence-corrected chi connectivity index (χ0v) is 16.3. The molecule has 6 heteroatoms. The molecule has 2 fully saturated rings. The van der Waals surface area contributed by atoms with E-state index in [2.05, 4.69) is 15.2 Å². The number of anilines is 1. The zero-order valence-electron chi connectivity index (χ0n) is 14.8. The summed E-state index contributed by atoms with van der Waals surface area (Å²) in [6.07, 6.45) is 7.83. The molecule has 140 valence electrons. The lowest BCUT2D eigenvalue weighted by Crippen LogP contribution is -2.26. The first-order valence-corrected chi connectivity index (χ1v) is 9.93. The minimum Gasteiger partial charge on any atom is -0.371 e. The van der Waals surface area contributed by atoms with Crippen molar-refractivity contribution in [2.75, 3.05) is 24.5 Å². The molecule has 2 aliphatic rings. The molecule has 2 atom stereocenters. The van der Waals surface area contributed by atoms with Crippen molar-refractivity contribution in [3.63, 3.8) is 0 Å². The molecule has 1 saturated carbocycles. The van der Waals surface area contributed by atoms with Crippen molar-refractivity contribution in [1.29, 1.82) is 0 Å². The van der Waals surface area contributed by atoms with Crippen LogP contribution >= 0.6 is 23.2 Å². The van der Waals surface area contributed by atoms with Crippen LogP contribution in [0.3, 0.4) is 0 Å². The number of benzene rings is 1. The highest BCUT2D eigenvalue weighted by atomic mass is 35.5. The van der Waals surface area contributed by atoms with Gasteiger partial charge in [-0.05, 0) is 60.1 Å². The SMILES string of the molecule is O=C(/C=C/c1cccnc1)NCCC1C2CN(c3ccc(Cl)c(Cl)c3)CC12. The summed E-state index contributed by atoms with van der Waals surface area (Å²) in [6, 6.07) is 9.60. The maximum Gasteiger partial charge on any atom is 0.244 e. The Morgan fingerprint density at radius 3 is 2.74 bits per heavy atom. The van der Waals surface area contributed by atoms with Gasteiger partial charge in [-0.15, -0.1) is 0 Å². The van der Waals surface area contributed by atoms with E-state index in [1.807, 2.05) is 30.3 Å². The zero-order chi connectivity index (χ0) is 18.8. The summed E-state index contributed by atoms with van der Waals surface area (Å²) >= 11 is 12.1. The fourth-order valence-corrected chi connectivity index (χ4v) is 4.33. The van der Waals surface area contributed by atoms with Gasteiger partial charge in [-0.3, -0.25) is 9.78 Å². The molecule has 27 heavy (non-hydrogen) atoms. The van der Waals surface area contributed by atoms with Gasteiger partial charge in [0.2, 0.25) is 5.91 Å². The lowest BCUT2D eigenvalue weighted by molar-refractivity contribution is -0.116. The number of nitrogens with one attached hydrogen (secondary N) is 1. The van der Waals surface area contributed by atoms with Crippen molar-refractivity contribution in [3.05, 3.63) is 64.4 Å². The van der Waals surface area contributed by atoms with Gasteiger partial charge < -0.3 is 10.2 Å². The summed E-state index contributed by atoms with van der Waals surface area (Å²) in [5, 5.41) is 4.18. The van der Waals surface area contributed by atoms with E-state index in [1.165, 1.54) is 0 Å². The number of hydrogen-bond donors (Lipinski definition) is 1. The molecule has 1 aliphatic heterocycles. The molecule has 4 nitrogen and oxygen atoms in total. The van der Waals surface area contributed by atoms with Crippen LogP contribution in [-0.2, 0) is 4.79 Å². The summed E-state index contributed by atoms with van der Waals surface area (Å²) in [4.78, 5) is 18.3. The quantitative estimate of drug-likeness (QED) is 0.734. The lowest BCUT2D eigenvalue weighted by Gasteiger charge is -2.22. The van der Waals surface area contributed by atoms with Gasteiger partial charge in [0.1, 0.15) is 0 Å². The fourth-order valence-electron chi connectivity index (χ4n) is 4.04. The molecule has 1 aromatic carbocycles. The predicted molar refractivity (Wildman–Crippen MR) is 110 cm³/mol. The number of aromatic nitrogens is 1. The van der Waals surface area contributed by atoms with Crippen molar-refractivity contribution in [3.8, 4) is 0 Å². The third-order valence-electron chi connectivity index (χ3n) is 5.53. The van der Waals surface area contributed by atoms with Crippen molar-refractivity contribution in [2.45, 2.75) is 6.42 Å². The van der Waals surface area contributed by atoms with Crippen molar-refractivity contribution < 1.29 is 4.79 Å². The van der Waals surface area contributed by atoms with E-state index in [0.29, 0.717) is 16.0 Å². The van der Waals surface area contributed by atoms with E-state index in [0.717, 1.165) is 49.1 Å². The Morgan fingerprint density at radius 1 is 1.22 bits per heavy atom. The van der Waals surface area contributed by atoms with Crippen LogP contribution in [-0.4, -0.2) is 30.5 Å². The topological polar surface area (TPSA) is 45.2 Å². The highest BCUT2D eigenvalue weighted by molar-refractivity contribution is 6.42. The lowest BCUT2D eigenvalue weighted by atomic mass is 10.2.